The topological polar surface area (TPSA) is 83.0 Å². The first-order valence-corrected chi connectivity index (χ1v) is 8.76. The molecule has 0 aliphatic heterocycles. The van der Waals surface area contributed by atoms with Gasteiger partial charge in [0.25, 0.3) is 0 Å². The fraction of sp³-hybridized carbons (Fsp3) is 0.167. The van der Waals surface area contributed by atoms with Crippen molar-refractivity contribution in [2.24, 2.45) is 0 Å². The van der Waals surface area contributed by atoms with Gasteiger partial charge in [-0.25, -0.2) is 0 Å². The second-order valence-electron chi connectivity index (χ2n) is 5.35. The fourth-order valence-electron chi connectivity index (χ4n) is 2.19. The first-order chi connectivity index (χ1) is 12.2. The van der Waals surface area contributed by atoms with Crippen molar-refractivity contribution in [1.29, 1.82) is 0 Å². The normalized spacial score (nSPS) is 10.6. The molecule has 2 aromatic carbocycles. The summed E-state index contributed by atoms with van der Waals surface area (Å²) in [5, 5.41) is 8.50. The molecule has 3 rings (SSSR count). The molecule has 2 N–H and O–H groups in total. The Morgan fingerprint density at radius 2 is 1.64 bits per heavy atom. The summed E-state index contributed by atoms with van der Waals surface area (Å²) in [6.07, 6.45) is 0. The molecular formula is C18H18N4O2S. The van der Waals surface area contributed by atoms with Crippen LogP contribution in [-0.4, -0.2) is 20.7 Å². The van der Waals surface area contributed by atoms with Gasteiger partial charge in [0.05, 0.1) is 0 Å². The highest BCUT2D eigenvalue weighted by Crippen LogP contribution is 2.22. The SMILES string of the molecule is Nc1nnc(SCc2ccccc2)n1CC(=O)OCc1ccccc1. The predicted molar refractivity (Wildman–Crippen MR) is 96.7 cm³/mol. The summed E-state index contributed by atoms with van der Waals surface area (Å²) >= 11 is 1.48. The summed E-state index contributed by atoms with van der Waals surface area (Å²) < 4.78 is 6.86. The molecule has 0 saturated carbocycles. The number of hydrogen-bond donors (Lipinski definition) is 1. The quantitative estimate of drug-likeness (QED) is 0.519. The van der Waals surface area contributed by atoms with Gasteiger partial charge in [-0.05, 0) is 11.1 Å². The van der Waals surface area contributed by atoms with Gasteiger partial charge in [0.15, 0.2) is 5.16 Å². The maximum atomic E-state index is 12.1. The van der Waals surface area contributed by atoms with Crippen LogP contribution in [0.15, 0.2) is 65.8 Å². The second-order valence-corrected chi connectivity index (χ2v) is 6.29. The van der Waals surface area contributed by atoms with Crippen molar-refractivity contribution in [1.82, 2.24) is 14.8 Å². The number of hydrogen-bond acceptors (Lipinski definition) is 6. The Balaban J connectivity index is 1.58. The van der Waals surface area contributed by atoms with E-state index in [-0.39, 0.29) is 25.1 Å². The summed E-state index contributed by atoms with van der Waals surface area (Å²) in [6.45, 7) is 0.219. The number of esters is 1. The maximum Gasteiger partial charge on any atom is 0.326 e. The van der Waals surface area contributed by atoms with E-state index in [1.807, 2.05) is 60.7 Å². The van der Waals surface area contributed by atoms with Gasteiger partial charge >= 0.3 is 5.97 Å². The number of thioether (sulfide) groups is 1. The number of benzene rings is 2. The third-order valence-electron chi connectivity index (χ3n) is 3.49. The number of nitrogens with two attached hydrogens (primary N) is 1. The highest BCUT2D eigenvalue weighted by atomic mass is 32.2. The molecule has 1 aromatic heterocycles. The van der Waals surface area contributed by atoms with E-state index >= 15 is 0 Å². The summed E-state index contributed by atoms with van der Waals surface area (Å²) in [7, 11) is 0. The third kappa shape index (κ3) is 4.84. The Hall–Kier alpha value is -2.80. The number of aromatic nitrogens is 3. The van der Waals surface area contributed by atoms with Gasteiger partial charge in [-0.3, -0.25) is 9.36 Å². The van der Waals surface area contributed by atoms with Crippen LogP contribution in [0.25, 0.3) is 0 Å². The maximum absolute atomic E-state index is 12.1. The molecule has 0 aliphatic carbocycles. The number of nitrogen functional groups attached to an aromatic ring is 1. The minimum absolute atomic E-state index is 0.0111. The molecule has 0 amide bonds. The summed E-state index contributed by atoms with van der Waals surface area (Å²) in [5.74, 6) is 0.544. The van der Waals surface area contributed by atoms with Gasteiger partial charge in [-0.2, -0.15) is 0 Å². The average Bonchev–Trinajstić information content (AvgIpc) is 3.00. The van der Waals surface area contributed by atoms with E-state index in [9.17, 15) is 4.79 Å². The Morgan fingerprint density at radius 3 is 2.32 bits per heavy atom. The van der Waals surface area contributed by atoms with Crippen LogP contribution in [0.4, 0.5) is 5.95 Å². The Kier molecular flexibility index (Phi) is 5.69. The monoisotopic (exact) mass is 354 g/mol. The van der Waals surface area contributed by atoms with Gasteiger partial charge in [0.2, 0.25) is 5.95 Å². The second kappa shape index (κ2) is 8.34. The highest BCUT2D eigenvalue weighted by molar-refractivity contribution is 7.98. The standard InChI is InChI=1S/C18H18N4O2S/c19-17-20-21-18(25-13-15-9-5-2-6-10-15)22(17)11-16(23)24-12-14-7-3-1-4-8-14/h1-10H,11-13H2,(H2,19,20). The molecule has 1 heterocycles. The van der Waals surface area contributed by atoms with Crippen LogP contribution >= 0.6 is 11.8 Å². The molecule has 0 bridgehead atoms. The number of anilines is 1. The summed E-state index contributed by atoms with van der Waals surface area (Å²) in [5.41, 5.74) is 7.93. The molecule has 0 radical (unpaired) electrons. The van der Waals surface area contributed by atoms with Crippen molar-refractivity contribution >= 4 is 23.7 Å². The lowest BCUT2D eigenvalue weighted by Gasteiger charge is -2.08. The Morgan fingerprint density at radius 1 is 1.00 bits per heavy atom. The largest absolute Gasteiger partial charge is 0.459 e. The first kappa shape index (κ1) is 17.0. The van der Waals surface area contributed by atoms with Crippen molar-refractivity contribution < 1.29 is 9.53 Å². The molecule has 0 spiro atoms. The van der Waals surface area contributed by atoms with Crippen LogP contribution in [0.1, 0.15) is 11.1 Å². The van der Waals surface area contributed by atoms with Crippen LogP contribution in [0, 0.1) is 0 Å². The average molecular weight is 354 g/mol. The van der Waals surface area contributed by atoms with E-state index < -0.39 is 0 Å². The van der Waals surface area contributed by atoms with E-state index in [1.54, 1.807) is 4.57 Å². The first-order valence-electron chi connectivity index (χ1n) is 7.77. The molecule has 0 aliphatic rings. The zero-order valence-corrected chi connectivity index (χ0v) is 14.4. The molecule has 0 atom stereocenters. The summed E-state index contributed by atoms with van der Waals surface area (Å²) in [6, 6.07) is 19.5. The zero-order chi connectivity index (χ0) is 17.5. The minimum atomic E-state index is -0.378. The van der Waals surface area contributed by atoms with Crippen molar-refractivity contribution in [2.45, 2.75) is 24.1 Å². The molecule has 25 heavy (non-hydrogen) atoms. The van der Waals surface area contributed by atoms with Gasteiger partial charge in [-0.15, -0.1) is 10.2 Å². The minimum Gasteiger partial charge on any atom is -0.459 e. The molecule has 0 fully saturated rings. The number of carbonyl (C=O) groups is 1. The predicted octanol–water partition coefficient (Wildman–Crippen LogP) is 2.90. The lowest BCUT2D eigenvalue weighted by Crippen LogP contribution is -2.16. The Bertz CT molecular complexity index is 822. The van der Waals surface area contributed by atoms with Gasteiger partial charge in [0.1, 0.15) is 13.2 Å². The molecule has 0 unspecified atom stereocenters. The van der Waals surface area contributed by atoms with E-state index in [2.05, 4.69) is 10.2 Å². The number of carbonyl (C=O) groups excluding carboxylic acids is 1. The molecule has 6 nitrogen and oxygen atoms in total. The lowest BCUT2D eigenvalue weighted by atomic mass is 10.2. The van der Waals surface area contributed by atoms with E-state index in [0.717, 1.165) is 16.9 Å². The number of ether oxygens (including phenoxy) is 1. The van der Waals surface area contributed by atoms with Crippen LogP contribution in [0.3, 0.4) is 0 Å². The number of rotatable bonds is 7. The van der Waals surface area contributed by atoms with Crippen molar-refractivity contribution in [3.05, 3.63) is 71.8 Å². The molecule has 7 heteroatoms. The van der Waals surface area contributed by atoms with Crippen LogP contribution in [-0.2, 0) is 28.4 Å². The molecule has 3 aromatic rings. The van der Waals surface area contributed by atoms with Gasteiger partial charge < -0.3 is 10.5 Å². The van der Waals surface area contributed by atoms with E-state index in [0.29, 0.717) is 5.16 Å². The Labute approximate surface area is 150 Å². The molecule has 0 saturated heterocycles. The molecular weight excluding hydrogens is 336 g/mol. The van der Waals surface area contributed by atoms with Crippen LogP contribution < -0.4 is 5.73 Å². The van der Waals surface area contributed by atoms with E-state index in [1.165, 1.54) is 11.8 Å². The lowest BCUT2D eigenvalue weighted by molar-refractivity contribution is -0.145. The van der Waals surface area contributed by atoms with Crippen LogP contribution in [0.2, 0.25) is 0 Å². The van der Waals surface area contributed by atoms with Crippen LogP contribution in [0.5, 0.6) is 0 Å². The van der Waals surface area contributed by atoms with Crippen molar-refractivity contribution in [3.63, 3.8) is 0 Å². The van der Waals surface area contributed by atoms with Gasteiger partial charge in [0, 0.05) is 5.75 Å². The third-order valence-corrected chi connectivity index (χ3v) is 4.52. The molecule has 128 valence electrons. The fourth-order valence-corrected chi connectivity index (χ4v) is 3.09. The zero-order valence-electron chi connectivity index (χ0n) is 13.5. The smallest absolute Gasteiger partial charge is 0.326 e. The summed E-state index contributed by atoms with van der Waals surface area (Å²) in [4.78, 5) is 12.1. The number of nitrogens with zero attached hydrogens (tertiary/aromatic N) is 3. The van der Waals surface area contributed by atoms with Gasteiger partial charge in [-0.1, -0.05) is 72.4 Å². The highest BCUT2D eigenvalue weighted by Gasteiger charge is 2.14. The van der Waals surface area contributed by atoms with Crippen molar-refractivity contribution in [3.8, 4) is 0 Å². The van der Waals surface area contributed by atoms with Crippen molar-refractivity contribution in [2.75, 3.05) is 5.73 Å². The van der Waals surface area contributed by atoms with E-state index in [4.69, 9.17) is 10.5 Å².